The Hall–Kier alpha value is -0.650. The van der Waals surface area contributed by atoms with Gasteiger partial charge in [0.05, 0.1) is 18.6 Å². The minimum Gasteiger partial charge on any atom is -0.481 e. The Morgan fingerprint density at radius 3 is 0.688 bits per heavy atom. The van der Waals surface area contributed by atoms with E-state index < -0.39 is 17.5 Å². The van der Waals surface area contributed by atoms with E-state index >= 15 is 0 Å². The van der Waals surface area contributed by atoms with Crippen molar-refractivity contribution in [2.75, 3.05) is 13.2 Å². The molecule has 0 aliphatic heterocycles. The first-order valence-corrected chi connectivity index (χ1v) is 29.5. The van der Waals surface area contributed by atoms with Crippen molar-refractivity contribution >= 4 is 5.97 Å². The van der Waals surface area contributed by atoms with Gasteiger partial charge in [0.2, 0.25) is 0 Å². The largest absolute Gasteiger partial charge is 0.481 e. The van der Waals surface area contributed by atoms with E-state index in [4.69, 9.17) is 15.3 Å². The molecular formula is C59H120O5. The summed E-state index contributed by atoms with van der Waals surface area (Å²) in [7, 11) is 0. The van der Waals surface area contributed by atoms with Crippen molar-refractivity contribution in [3.63, 3.8) is 0 Å². The molecule has 5 heteroatoms. The van der Waals surface area contributed by atoms with Gasteiger partial charge >= 0.3 is 5.97 Å². The van der Waals surface area contributed by atoms with Gasteiger partial charge in [-0.3, -0.25) is 4.79 Å². The Bertz CT molecular complexity index is 830. The number of aliphatic hydroxyl groups is 3. The van der Waals surface area contributed by atoms with Crippen LogP contribution in [-0.4, -0.2) is 45.7 Å². The highest BCUT2D eigenvalue weighted by molar-refractivity contribution is 5.75. The van der Waals surface area contributed by atoms with E-state index in [9.17, 15) is 9.90 Å². The number of rotatable bonds is 53. The fourth-order valence-corrected chi connectivity index (χ4v) is 10.2. The minimum atomic E-state index is -0.954. The molecule has 0 radical (unpaired) electrons. The summed E-state index contributed by atoms with van der Waals surface area (Å²) in [6.07, 6.45) is 64.2. The summed E-state index contributed by atoms with van der Waals surface area (Å²) in [5.74, 6) is -0.0726. The molecule has 4 N–H and O–H groups in total. The highest BCUT2D eigenvalue weighted by atomic mass is 16.4. The number of unbranched alkanes of at least 4 members (excludes halogenated alkanes) is 41. The molecule has 1 atom stereocenters. The van der Waals surface area contributed by atoms with E-state index in [2.05, 4.69) is 27.7 Å². The third kappa shape index (κ3) is 45.1. The van der Waals surface area contributed by atoms with Crippen LogP contribution in [0.5, 0.6) is 0 Å². The first kappa shape index (κ1) is 65.4. The molecular weight excluding hydrogens is 789 g/mol. The molecule has 0 bridgehead atoms. The molecule has 1 unspecified atom stereocenters. The molecule has 0 fully saturated rings. The summed E-state index contributed by atoms with van der Waals surface area (Å²) < 4.78 is 0. The predicted octanol–water partition coefficient (Wildman–Crippen LogP) is 19.2. The van der Waals surface area contributed by atoms with Crippen molar-refractivity contribution in [3.05, 3.63) is 0 Å². The summed E-state index contributed by atoms with van der Waals surface area (Å²) in [4.78, 5) is 13.7. The SMILES string of the molecule is CCCCCCCCCCCCCCC(CCCCCCCCCCC)C(CCCCCCCCCCCCCC)(CCCCCCCCCCCCCC)C(=O)O.OCC(O)CO. The Morgan fingerprint density at radius 1 is 0.328 bits per heavy atom. The van der Waals surface area contributed by atoms with Crippen LogP contribution in [0.25, 0.3) is 0 Å². The molecule has 386 valence electrons. The quantitative estimate of drug-likeness (QED) is 0.0456. The highest BCUT2D eigenvalue weighted by Gasteiger charge is 2.44. The smallest absolute Gasteiger partial charge is 0.309 e. The molecule has 0 saturated carbocycles. The Kier molecular flexibility index (Phi) is 56.2. The van der Waals surface area contributed by atoms with Crippen LogP contribution in [0.3, 0.4) is 0 Å². The van der Waals surface area contributed by atoms with Crippen molar-refractivity contribution in [2.45, 2.75) is 348 Å². The van der Waals surface area contributed by atoms with E-state index in [1.807, 2.05) is 0 Å². The molecule has 0 aliphatic carbocycles. The number of carbonyl (C=O) groups is 1. The van der Waals surface area contributed by atoms with Crippen molar-refractivity contribution in [3.8, 4) is 0 Å². The van der Waals surface area contributed by atoms with Crippen molar-refractivity contribution < 1.29 is 25.2 Å². The van der Waals surface area contributed by atoms with E-state index in [1.165, 1.54) is 276 Å². The summed E-state index contributed by atoms with van der Waals surface area (Å²) in [6, 6.07) is 0. The van der Waals surface area contributed by atoms with Crippen LogP contribution < -0.4 is 0 Å². The van der Waals surface area contributed by atoms with E-state index in [0.717, 1.165) is 38.5 Å². The summed E-state index contributed by atoms with van der Waals surface area (Å²) in [5, 5.41) is 35.3. The number of aliphatic hydroxyl groups excluding tert-OH is 3. The van der Waals surface area contributed by atoms with Crippen molar-refractivity contribution in [2.24, 2.45) is 11.3 Å². The third-order valence-electron chi connectivity index (χ3n) is 14.6. The van der Waals surface area contributed by atoms with Gasteiger partial charge in [0.25, 0.3) is 0 Å². The van der Waals surface area contributed by atoms with Gasteiger partial charge < -0.3 is 20.4 Å². The van der Waals surface area contributed by atoms with Crippen LogP contribution in [-0.2, 0) is 4.79 Å². The number of carboxylic acid groups (broad SMARTS) is 1. The minimum absolute atomic E-state index is 0.359. The molecule has 0 aliphatic rings. The molecule has 0 amide bonds. The molecule has 0 aromatic rings. The Balaban J connectivity index is 0. The predicted molar refractivity (Wildman–Crippen MR) is 283 cm³/mol. The molecule has 0 rings (SSSR count). The zero-order chi connectivity index (χ0) is 47.3. The maximum atomic E-state index is 13.7. The van der Waals surface area contributed by atoms with Crippen LogP contribution in [0.1, 0.15) is 342 Å². The average molecular weight is 910 g/mol. The van der Waals surface area contributed by atoms with Gasteiger partial charge in [-0.15, -0.1) is 0 Å². The maximum absolute atomic E-state index is 13.7. The topological polar surface area (TPSA) is 98.0 Å². The second-order valence-electron chi connectivity index (χ2n) is 20.8. The standard InChI is InChI=1S/C56H112O2.C3H8O3/c1-5-9-13-17-21-25-28-31-35-39-43-47-51-54(50-46-42-38-34-24-20-16-12-8-4)56(55(57)58,52-48-44-40-36-32-29-26-22-18-14-10-6-2)53-49-45-41-37-33-30-27-23-19-15-11-7-3;4-1-3(6)2-5/h54H,5-53H2,1-4H3,(H,57,58);3-6H,1-2H2. The van der Waals surface area contributed by atoms with E-state index in [1.54, 1.807) is 0 Å². The third-order valence-corrected chi connectivity index (χ3v) is 14.6. The van der Waals surface area contributed by atoms with Crippen molar-refractivity contribution in [1.29, 1.82) is 0 Å². The molecule has 0 aromatic heterocycles. The zero-order valence-electron chi connectivity index (χ0n) is 44.4. The summed E-state index contributed by atoms with van der Waals surface area (Å²) in [5.41, 5.74) is -0.505. The summed E-state index contributed by atoms with van der Waals surface area (Å²) in [6.45, 7) is 8.49. The number of hydrogen-bond donors (Lipinski definition) is 4. The van der Waals surface area contributed by atoms with Gasteiger partial charge in [-0.05, 0) is 31.6 Å². The van der Waals surface area contributed by atoms with Gasteiger partial charge in [-0.1, -0.05) is 317 Å². The summed E-state index contributed by atoms with van der Waals surface area (Å²) >= 11 is 0. The van der Waals surface area contributed by atoms with Gasteiger partial charge in [0, 0.05) is 0 Å². The fourth-order valence-electron chi connectivity index (χ4n) is 10.2. The lowest BCUT2D eigenvalue weighted by Gasteiger charge is -2.38. The van der Waals surface area contributed by atoms with Crippen LogP contribution in [0.4, 0.5) is 0 Å². The number of hydrogen-bond acceptors (Lipinski definition) is 4. The van der Waals surface area contributed by atoms with E-state index in [-0.39, 0.29) is 13.2 Å². The normalized spacial score (nSPS) is 12.2. The second-order valence-corrected chi connectivity index (χ2v) is 20.8. The second kappa shape index (κ2) is 55.0. The molecule has 5 nitrogen and oxygen atoms in total. The lowest BCUT2D eigenvalue weighted by atomic mass is 9.65. The van der Waals surface area contributed by atoms with Crippen molar-refractivity contribution in [1.82, 2.24) is 0 Å². The fraction of sp³-hybridized carbons (Fsp3) is 0.983. The molecule has 0 aromatic carbocycles. The first-order chi connectivity index (χ1) is 31.4. The monoisotopic (exact) mass is 909 g/mol. The molecule has 0 saturated heterocycles. The van der Waals surface area contributed by atoms with E-state index in [0.29, 0.717) is 5.92 Å². The molecule has 64 heavy (non-hydrogen) atoms. The van der Waals surface area contributed by atoms with Crippen LogP contribution in [0.15, 0.2) is 0 Å². The first-order valence-electron chi connectivity index (χ1n) is 29.5. The van der Waals surface area contributed by atoms with Crippen LogP contribution in [0.2, 0.25) is 0 Å². The van der Waals surface area contributed by atoms with Gasteiger partial charge in [0.1, 0.15) is 6.10 Å². The maximum Gasteiger partial charge on any atom is 0.309 e. The molecule has 0 spiro atoms. The van der Waals surface area contributed by atoms with Gasteiger partial charge in [0.15, 0.2) is 0 Å². The van der Waals surface area contributed by atoms with Gasteiger partial charge in [-0.25, -0.2) is 0 Å². The Labute approximate surface area is 402 Å². The zero-order valence-corrected chi connectivity index (χ0v) is 44.4. The van der Waals surface area contributed by atoms with Crippen LogP contribution >= 0.6 is 0 Å². The lowest BCUT2D eigenvalue weighted by molar-refractivity contribution is -0.155. The average Bonchev–Trinajstić information content (AvgIpc) is 3.30. The molecule has 0 heterocycles. The highest BCUT2D eigenvalue weighted by Crippen LogP contribution is 2.45. The van der Waals surface area contributed by atoms with Crippen LogP contribution in [0, 0.1) is 11.3 Å². The number of carboxylic acids is 1. The Morgan fingerprint density at radius 2 is 0.516 bits per heavy atom. The van der Waals surface area contributed by atoms with Gasteiger partial charge in [-0.2, -0.15) is 0 Å². The lowest BCUT2D eigenvalue weighted by Crippen LogP contribution is -2.39. The number of aliphatic carboxylic acids is 1.